The third-order valence-electron chi connectivity index (χ3n) is 1.69. The number of nitrogens with one attached hydrogen (secondary N) is 1. The fraction of sp³-hybridized carbons (Fsp3) is 0.727. The Balaban J connectivity index is 3.12. The van der Waals surface area contributed by atoms with Gasteiger partial charge in [0.1, 0.15) is 0 Å². The number of methoxy groups -OCH3 is 1. The summed E-state index contributed by atoms with van der Waals surface area (Å²) in [5.41, 5.74) is 0. The van der Waals surface area contributed by atoms with Crippen molar-refractivity contribution in [3.63, 3.8) is 0 Å². The van der Waals surface area contributed by atoms with Crippen molar-refractivity contribution >= 4 is 5.97 Å². The molecule has 0 unspecified atom stereocenters. The summed E-state index contributed by atoms with van der Waals surface area (Å²) in [7, 11) is 1.63. The summed E-state index contributed by atoms with van der Waals surface area (Å²) in [6.45, 7) is 6.49. The van der Waals surface area contributed by atoms with E-state index in [2.05, 4.69) is 11.9 Å². The molecule has 0 aromatic carbocycles. The molecule has 0 spiro atoms. The van der Waals surface area contributed by atoms with Gasteiger partial charge in [-0.1, -0.05) is 6.08 Å². The lowest BCUT2D eigenvalue weighted by molar-refractivity contribution is -0.142. The molecule has 1 N–H and O–H groups in total. The van der Waals surface area contributed by atoms with Crippen LogP contribution in [0.25, 0.3) is 0 Å². The van der Waals surface area contributed by atoms with Crippen molar-refractivity contribution in [1.29, 1.82) is 0 Å². The number of carbonyl (C=O) groups excluding carboxylic acids is 1. The first-order chi connectivity index (χ1) is 7.81. The van der Waals surface area contributed by atoms with E-state index in [9.17, 15) is 4.79 Å². The highest BCUT2D eigenvalue weighted by atomic mass is 16.5. The van der Waals surface area contributed by atoms with E-state index in [0.29, 0.717) is 39.4 Å². The Hall–Kier alpha value is -0.910. The van der Waals surface area contributed by atoms with Crippen LogP contribution in [-0.2, 0) is 19.0 Å². The molecule has 0 radical (unpaired) electrons. The zero-order valence-corrected chi connectivity index (χ0v) is 9.87. The summed E-state index contributed by atoms with van der Waals surface area (Å²) in [4.78, 5) is 11.1. The summed E-state index contributed by atoms with van der Waals surface area (Å²) in [6, 6.07) is 0. The second kappa shape index (κ2) is 12.2. The number of rotatable bonds is 11. The molecule has 0 aliphatic rings. The molecule has 16 heavy (non-hydrogen) atoms. The topological polar surface area (TPSA) is 56.8 Å². The van der Waals surface area contributed by atoms with Crippen LogP contribution in [0.5, 0.6) is 0 Å². The number of hydrogen-bond donors (Lipinski definition) is 1. The lowest BCUT2D eigenvalue weighted by Gasteiger charge is -2.05. The van der Waals surface area contributed by atoms with Crippen LogP contribution in [0.2, 0.25) is 0 Å². The van der Waals surface area contributed by atoms with E-state index >= 15 is 0 Å². The highest BCUT2D eigenvalue weighted by Crippen LogP contribution is 1.86. The molecule has 0 aliphatic carbocycles. The van der Waals surface area contributed by atoms with Crippen LogP contribution >= 0.6 is 0 Å². The van der Waals surface area contributed by atoms with E-state index < -0.39 is 0 Å². The van der Waals surface area contributed by atoms with E-state index in [1.807, 2.05) is 0 Å². The van der Waals surface area contributed by atoms with Crippen molar-refractivity contribution in [1.82, 2.24) is 5.32 Å². The first-order valence-electron chi connectivity index (χ1n) is 5.35. The van der Waals surface area contributed by atoms with Gasteiger partial charge >= 0.3 is 5.97 Å². The molecular formula is C11H21NO4. The average Bonchev–Trinajstić information content (AvgIpc) is 2.28. The Kier molecular flexibility index (Phi) is 11.5. The van der Waals surface area contributed by atoms with Gasteiger partial charge in [0.25, 0.3) is 0 Å². The van der Waals surface area contributed by atoms with E-state index in [1.165, 1.54) is 0 Å². The number of esters is 1. The SMILES string of the molecule is C=CCNCC(=O)OCCCOCCOC. The highest BCUT2D eigenvalue weighted by molar-refractivity contribution is 5.71. The zero-order chi connectivity index (χ0) is 12.1. The molecule has 0 saturated carbocycles. The van der Waals surface area contributed by atoms with Crippen LogP contribution in [0.15, 0.2) is 12.7 Å². The third kappa shape index (κ3) is 11.2. The Morgan fingerprint density at radius 3 is 2.81 bits per heavy atom. The molecule has 0 aliphatic heterocycles. The summed E-state index contributed by atoms with van der Waals surface area (Å²) in [6.07, 6.45) is 2.40. The molecule has 0 aromatic rings. The van der Waals surface area contributed by atoms with Crippen LogP contribution in [0, 0.1) is 0 Å². The normalized spacial score (nSPS) is 10.1. The summed E-state index contributed by atoms with van der Waals surface area (Å²) in [5.74, 6) is -0.251. The molecule has 0 heterocycles. The van der Waals surface area contributed by atoms with Gasteiger partial charge in [-0.05, 0) is 0 Å². The summed E-state index contributed by atoms with van der Waals surface area (Å²) >= 11 is 0. The third-order valence-corrected chi connectivity index (χ3v) is 1.69. The highest BCUT2D eigenvalue weighted by Gasteiger charge is 2.00. The standard InChI is InChI=1S/C11H21NO4/c1-3-5-12-10-11(13)16-7-4-6-15-9-8-14-2/h3,12H,1,4-10H2,2H3. The first-order valence-corrected chi connectivity index (χ1v) is 5.35. The van der Waals surface area contributed by atoms with Crippen molar-refractivity contribution in [2.24, 2.45) is 0 Å². The van der Waals surface area contributed by atoms with E-state index in [4.69, 9.17) is 14.2 Å². The van der Waals surface area contributed by atoms with Crippen molar-refractivity contribution in [2.45, 2.75) is 6.42 Å². The molecule has 0 amide bonds. The molecule has 5 heteroatoms. The fourth-order valence-corrected chi connectivity index (χ4v) is 0.919. The minimum absolute atomic E-state index is 0.219. The van der Waals surface area contributed by atoms with Crippen molar-refractivity contribution < 1.29 is 19.0 Å². The van der Waals surface area contributed by atoms with Crippen LogP contribution in [0.3, 0.4) is 0 Å². The van der Waals surface area contributed by atoms with Gasteiger partial charge in [0.05, 0.1) is 26.4 Å². The maximum Gasteiger partial charge on any atom is 0.319 e. The predicted octanol–water partition coefficient (Wildman–Crippen LogP) is 0.358. The van der Waals surface area contributed by atoms with Crippen LogP contribution in [0.1, 0.15) is 6.42 Å². The second-order valence-electron chi connectivity index (χ2n) is 3.10. The quantitative estimate of drug-likeness (QED) is 0.316. The Morgan fingerprint density at radius 2 is 2.12 bits per heavy atom. The minimum atomic E-state index is -0.251. The smallest absolute Gasteiger partial charge is 0.319 e. The molecule has 0 rings (SSSR count). The molecule has 94 valence electrons. The molecule has 0 saturated heterocycles. The predicted molar refractivity (Wildman–Crippen MR) is 61.3 cm³/mol. The lowest BCUT2D eigenvalue weighted by Crippen LogP contribution is -2.25. The molecule has 0 bridgehead atoms. The van der Waals surface area contributed by atoms with E-state index in [-0.39, 0.29) is 12.5 Å². The Labute approximate surface area is 96.8 Å². The van der Waals surface area contributed by atoms with Gasteiger partial charge in [0.15, 0.2) is 0 Å². The van der Waals surface area contributed by atoms with Gasteiger partial charge in [0, 0.05) is 26.7 Å². The number of ether oxygens (including phenoxy) is 3. The van der Waals surface area contributed by atoms with Crippen molar-refractivity contribution in [2.75, 3.05) is 46.6 Å². The van der Waals surface area contributed by atoms with Gasteiger partial charge in [-0.2, -0.15) is 0 Å². The number of carbonyl (C=O) groups is 1. The van der Waals surface area contributed by atoms with Crippen molar-refractivity contribution in [3.8, 4) is 0 Å². The largest absolute Gasteiger partial charge is 0.465 e. The molecule has 0 aromatic heterocycles. The zero-order valence-electron chi connectivity index (χ0n) is 9.87. The summed E-state index contributed by atoms with van der Waals surface area (Å²) < 4.78 is 15.0. The van der Waals surface area contributed by atoms with Crippen LogP contribution in [0.4, 0.5) is 0 Å². The maximum atomic E-state index is 11.1. The Morgan fingerprint density at radius 1 is 1.31 bits per heavy atom. The minimum Gasteiger partial charge on any atom is -0.465 e. The Bertz CT molecular complexity index is 185. The average molecular weight is 231 g/mol. The van der Waals surface area contributed by atoms with E-state index in [1.54, 1.807) is 13.2 Å². The maximum absolute atomic E-state index is 11.1. The van der Waals surface area contributed by atoms with Gasteiger partial charge in [-0.25, -0.2) is 0 Å². The van der Waals surface area contributed by atoms with Gasteiger partial charge in [0.2, 0.25) is 0 Å². The molecule has 5 nitrogen and oxygen atoms in total. The first kappa shape index (κ1) is 15.1. The van der Waals surface area contributed by atoms with Gasteiger partial charge in [-0.15, -0.1) is 6.58 Å². The number of hydrogen-bond acceptors (Lipinski definition) is 5. The second-order valence-corrected chi connectivity index (χ2v) is 3.10. The lowest BCUT2D eigenvalue weighted by atomic mass is 10.5. The van der Waals surface area contributed by atoms with Gasteiger partial charge < -0.3 is 19.5 Å². The van der Waals surface area contributed by atoms with Crippen LogP contribution < -0.4 is 5.32 Å². The molecule has 0 fully saturated rings. The van der Waals surface area contributed by atoms with Crippen LogP contribution in [-0.4, -0.2) is 52.6 Å². The summed E-state index contributed by atoms with van der Waals surface area (Å²) in [5, 5.41) is 2.86. The van der Waals surface area contributed by atoms with Crippen molar-refractivity contribution in [3.05, 3.63) is 12.7 Å². The monoisotopic (exact) mass is 231 g/mol. The molecular weight excluding hydrogens is 210 g/mol. The fourth-order valence-electron chi connectivity index (χ4n) is 0.919. The van der Waals surface area contributed by atoms with Gasteiger partial charge in [-0.3, -0.25) is 4.79 Å². The van der Waals surface area contributed by atoms with E-state index in [0.717, 1.165) is 0 Å². The molecule has 0 atom stereocenters.